The van der Waals surface area contributed by atoms with Crippen molar-refractivity contribution in [2.75, 3.05) is 45.9 Å². The summed E-state index contributed by atoms with van der Waals surface area (Å²) in [5.41, 5.74) is 5.84. The zero-order valence-corrected chi connectivity index (χ0v) is 15.3. The number of nitrogens with one attached hydrogen (secondary N) is 1. The number of aliphatic imine (C=N–C) groups is 1. The second-order valence-corrected chi connectivity index (χ2v) is 5.12. The zero-order chi connectivity index (χ0) is 14.8. The van der Waals surface area contributed by atoms with Gasteiger partial charge in [0.15, 0.2) is 5.96 Å². The molecule has 0 aliphatic carbocycles. The molecule has 1 aliphatic rings. The Morgan fingerprint density at radius 3 is 2.82 bits per heavy atom. The first-order valence-corrected chi connectivity index (χ1v) is 7.66. The van der Waals surface area contributed by atoms with E-state index in [9.17, 15) is 0 Å². The van der Waals surface area contributed by atoms with Gasteiger partial charge in [0, 0.05) is 45.1 Å². The second-order valence-electron chi connectivity index (χ2n) is 5.12. The van der Waals surface area contributed by atoms with Gasteiger partial charge in [-0.1, -0.05) is 0 Å². The fraction of sp³-hybridized carbons (Fsp3) is 0.714. The fourth-order valence-electron chi connectivity index (χ4n) is 2.26. The van der Waals surface area contributed by atoms with Crippen LogP contribution < -0.4 is 11.1 Å². The van der Waals surface area contributed by atoms with Gasteiger partial charge in [0.1, 0.15) is 0 Å². The first-order chi connectivity index (χ1) is 10.3. The van der Waals surface area contributed by atoms with Crippen molar-refractivity contribution < 1.29 is 4.74 Å². The lowest BCUT2D eigenvalue weighted by atomic mass is 10.3. The van der Waals surface area contributed by atoms with E-state index >= 15 is 0 Å². The number of ether oxygens (including phenoxy) is 1. The number of halogens is 1. The van der Waals surface area contributed by atoms with Crippen molar-refractivity contribution in [1.29, 1.82) is 0 Å². The minimum atomic E-state index is 0. The van der Waals surface area contributed by atoms with Crippen molar-refractivity contribution in [3.05, 3.63) is 18.5 Å². The van der Waals surface area contributed by atoms with Gasteiger partial charge in [-0.25, -0.2) is 0 Å². The van der Waals surface area contributed by atoms with Crippen molar-refractivity contribution in [2.24, 2.45) is 10.7 Å². The van der Waals surface area contributed by atoms with Crippen LogP contribution >= 0.6 is 24.0 Å². The molecule has 22 heavy (non-hydrogen) atoms. The molecule has 0 atom stereocenters. The van der Waals surface area contributed by atoms with Crippen LogP contribution in [-0.2, 0) is 11.3 Å². The van der Waals surface area contributed by atoms with Crippen molar-refractivity contribution in [2.45, 2.75) is 19.4 Å². The Morgan fingerprint density at radius 2 is 2.09 bits per heavy atom. The molecule has 2 heterocycles. The van der Waals surface area contributed by atoms with Gasteiger partial charge in [0.25, 0.3) is 0 Å². The highest BCUT2D eigenvalue weighted by Gasteiger charge is 2.08. The number of guanidine groups is 1. The molecule has 1 saturated heterocycles. The summed E-state index contributed by atoms with van der Waals surface area (Å²) in [5.74, 6) is 0.539. The minimum absolute atomic E-state index is 0. The number of hydrogen-bond donors (Lipinski definition) is 2. The molecule has 0 amide bonds. The Morgan fingerprint density at radius 1 is 1.27 bits per heavy atom. The summed E-state index contributed by atoms with van der Waals surface area (Å²) in [6.07, 6.45) is 5.76. The van der Waals surface area contributed by atoms with Crippen LogP contribution in [0.15, 0.2) is 23.5 Å². The first kappa shape index (κ1) is 19.2. The molecule has 1 aliphatic heterocycles. The van der Waals surface area contributed by atoms with Crippen LogP contribution in [0.25, 0.3) is 0 Å². The van der Waals surface area contributed by atoms with Gasteiger partial charge < -0.3 is 15.8 Å². The second kappa shape index (κ2) is 11.7. The molecule has 0 radical (unpaired) electrons. The molecule has 2 rings (SSSR count). The SMILES string of the molecule is I.NC(=NCCCn1cccn1)NCCCN1CCOCC1. The molecule has 8 heteroatoms. The number of aryl methyl sites for hydroxylation is 1. The third-order valence-corrected chi connectivity index (χ3v) is 3.45. The third kappa shape index (κ3) is 7.95. The van der Waals surface area contributed by atoms with E-state index < -0.39 is 0 Å². The van der Waals surface area contributed by atoms with Crippen LogP contribution in [0, 0.1) is 0 Å². The van der Waals surface area contributed by atoms with E-state index in [0.717, 1.165) is 65.3 Å². The Hall–Kier alpha value is -0.870. The van der Waals surface area contributed by atoms with Crippen molar-refractivity contribution >= 4 is 29.9 Å². The Labute approximate surface area is 149 Å². The third-order valence-electron chi connectivity index (χ3n) is 3.45. The number of nitrogens with two attached hydrogens (primary N) is 1. The smallest absolute Gasteiger partial charge is 0.188 e. The van der Waals surface area contributed by atoms with Crippen LogP contribution in [0.4, 0.5) is 0 Å². The van der Waals surface area contributed by atoms with Crippen LogP contribution in [0.5, 0.6) is 0 Å². The minimum Gasteiger partial charge on any atom is -0.379 e. The van der Waals surface area contributed by atoms with E-state index in [4.69, 9.17) is 10.5 Å². The number of rotatable bonds is 8. The fourth-order valence-corrected chi connectivity index (χ4v) is 2.26. The summed E-state index contributed by atoms with van der Waals surface area (Å²) in [6.45, 7) is 7.34. The number of hydrogen-bond acceptors (Lipinski definition) is 4. The molecule has 0 saturated carbocycles. The predicted octanol–water partition coefficient (Wildman–Crippen LogP) is 0.518. The molecule has 1 fully saturated rings. The lowest BCUT2D eigenvalue weighted by Gasteiger charge is -2.26. The van der Waals surface area contributed by atoms with Gasteiger partial charge in [-0.05, 0) is 25.5 Å². The Kier molecular flexibility index (Phi) is 10.2. The van der Waals surface area contributed by atoms with Crippen molar-refractivity contribution in [3.63, 3.8) is 0 Å². The van der Waals surface area contributed by atoms with Crippen LogP contribution in [-0.4, -0.2) is 66.6 Å². The number of nitrogens with zero attached hydrogens (tertiary/aromatic N) is 4. The van der Waals surface area contributed by atoms with E-state index in [-0.39, 0.29) is 24.0 Å². The highest BCUT2D eigenvalue weighted by molar-refractivity contribution is 14.0. The lowest BCUT2D eigenvalue weighted by Crippen LogP contribution is -2.39. The van der Waals surface area contributed by atoms with Crippen LogP contribution in [0.1, 0.15) is 12.8 Å². The van der Waals surface area contributed by atoms with E-state index in [1.54, 1.807) is 6.20 Å². The molecular weight excluding hydrogens is 395 g/mol. The first-order valence-electron chi connectivity index (χ1n) is 7.66. The molecule has 1 aromatic rings. The highest BCUT2D eigenvalue weighted by atomic mass is 127. The van der Waals surface area contributed by atoms with Crippen LogP contribution in [0.2, 0.25) is 0 Å². The van der Waals surface area contributed by atoms with E-state index in [1.807, 2.05) is 16.9 Å². The van der Waals surface area contributed by atoms with E-state index in [1.165, 1.54) is 0 Å². The van der Waals surface area contributed by atoms with Gasteiger partial charge in [0.05, 0.1) is 13.2 Å². The quantitative estimate of drug-likeness (QED) is 0.276. The zero-order valence-electron chi connectivity index (χ0n) is 13.0. The molecule has 0 aromatic carbocycles. The summed E-state index contributed by atoms with van der Waals surface area (Å²) in [6, 6.07) is 1.92. The summed E-state index contributed by atoms with van der Waals surface area (Å²) in [5, 5.41) is 7.31. The average Bonchev–Trinajstić information content (AvgIpc) is 3.02. The molecule has 1 aromatic heterocycles. The van der Waals surface area contributed by atoms with Gasteiger partial charge in [-0.3, -0.25) is 14.6 Å². The summed E-state index contributed by atoms with van der Waals surface area (Å²) < 4.78 is 7.23. The van der Waals surface area contributed by atoms with Gasteiger partial charge in [0.2, 0.25) is 0 Å². The molecule has 0 unspecified atom stereocenters. The van der Waals surface area contributed by atoms with E-state index in [2.05, 4.69) is 20.3 Å². The molecule has 7 nitrogen and oxygen atoms in total. The molecule has 3 N–H and O–H groups in total. The van der Waals surface area contributed by atoms with E-state index in [0.29, 0.717) is 5.96 Å². The topological polar surface area (TPSA) is 80.7 Å². The van der Waals surface area contributed by atoms with Crippen molar-refractivity contribution in [1.82, 2.24) is 20.0 Å². The lowest BCUT2D eigenvalue weighted by molar-refractivity contribution is 0.0376. The maximum absolute atomic E-state index is 5.84. The largest absolute Gasteiger partial charge is 0.379 e. The predicted molar refractivity (Wildman–Crippen MR) is 98.6 cm³/mol. The summed E-state index contributed by atoms with van der Waals surface area (Å²) in [4.78, 5) is 6.74. The maximum atomic E-state index is 5.84. The van der Waals surface area contributed by atoms with Gasteiger partial charge >= 0.3 is 0 Å². The number of morpholine rings is 1. The standard InChI is InChI=1S/C14H26N6O.HI/c15-14(17-5-2-8-20-9-3-6-18-20)16-4-1-7-19-10-12-21-13-11-19;/h3,6,9H,1-2,4-5,7-8,10-13H2,(H3,15,16,17);1H. The molecule has 0 spiro atoms. The summed E-state index contributed by atoms with van der Waals surface area (Å²) >= 11 is 0. The molecular formula is C14H27IN6O. The normalized spacial score (nSPS) is 16.3. The molecule has 126 valence electrons. The highest BCUT2D eigenvalue weighted by Crippen LogP contribution is 1.97. The Bertz CT molecular complexity index is 405. The monoisotopic (exact) mass is 422 g/mol. The van der Waals surface area contributed by atoms with Crippen molar-refractivity contribution in [3.8, 4) is 0 Å². The summed E-state index contributed by atoms with van der Waals surface area (Å²) in [7, 11) is 0. The van der Waals surface area contributed by atoms with Crippen LogP contribution in [0.3, 0.4) is 0 Å². The van der Waals surface area contributed by atoms with Gasteiger partial charge in [-0.15, -0.1) is 24.0 Å². The Balaban J connectivity index is 0.00000242. The maximum Gasteiger partial charge on any atom is 0.188 e. The molecule has 0 bridgehead atoms. The number of aromatic nitrogens is 2. The average molecular weight is 422 g/mol. The van der Waals surface area contributed by atoms with Gasteiger partial charge in [-0.2, -0.15) is 5.10 Å².